The lowest BCUT2D eigenvalue weighted by Gasteiger charge is -2.19. The lowest BCUT2D eigenvalue weighted by molar-refractivity contribution is 1.26. The molecule has 1 nitrogen and oxygen atoms in total. The van der Waals surface area contributed by atoms with Gasteiger partial charge >= 0.3 is 0 Å². The number of pyridine rings is 1. The van der Waals surface area contributed by atoms with E-state index in [1.165, 1.54) is 10.8 Å². The van der Waals surface area contributed by atoms with E-state index >= 15 is 0 Å². The summed E-state index contributed by atoms with van der Waals surface area (Å²) in [4.78, 5) is 4.55. The Labute approximate surface area is 112 Å². The Morgan fingerprint density at radius 2 is 1.89 bits per heavy atom. The molecule has 0 saturated heterocycles. The maximum Gasteiger partial charge on any atom is 0.0799 e. The van der Waals surface area contributed by atoms with Crippen LogP contribution >= 0.6 is 0 Å². The molecule has 0 saturated carbocycles. The lowest BCUT2D eigenvalue weighted by atomic mass is 10.0. The van der Waals surface area contributed by atoms with Gasteiger partial charge in [-0.3, -0.25) is 4.98 Å². The first-order chi connectivity index (χ1) is 8.27. The van der Waals surface area contributed by atoms with Crippen LogP contribution in [0.5, 0.6) is 0 Å². The van der Waals surface area contributed by atoms with E-state index in [1.807, 2.05) is 25.3 Å². The van der Waals surface area contributed by atoms with Gasteiger partial charge in [0, 0.05) is 6.20 Å². The van der Waals surface area contributed by atoms with Crippen molar-refractivity contribution in [3.05, 3.63) is 54.4 Å². The highest BCUT2D eigenvalue weighted by atomic mass is 28.3. The molecule has 0 aromatic carbocycles. The zero-order valence-electron chi connectivity index (χ0n) is 12.2. The summed E-state index contributed by atoms with van der Waals surface area (Å²) in [6.45, 7) is 19.2. The first kappa shape index (κ1) is 14.6. The third-order valence-electron chi connectivity index (χ3n) is 2.98. The van der Waals surface area contributed by atoms with E-state index in [9.17, 15) is 0 Å². The molecular weight excluding hydrogens is 234 g/mol. The fourth-order valence-electron chi connectivity index (χ4n) is 1.97. The molecule has 1 aromatic heterocycles. The van der Waals surface area contributed by atoms with Crippen LogP contribution in [0.3, 0.4) is 0 Å². The van der Waals surface area contributed by atoms with Gasteiger partial charge in [0.15, 0.2) is 0 Å². The van der Waals surface area contributed by atoms with Crippen molar-refractivity contribution in [2.75, 3.05) is 0 Å². The topological polar surface area (TPSA) is 12.9 Å². The van der Waals surface area contributed by atoms with Gasteiger partial charge in [0.25, 0.3) is 0 Å². The average Bonchev–Trinajstić information content (AvgIpc) is 2.26. The highest BCUT2D eigenvalue weighted by Gasteiger charge is 2.19. The van der Waals surface area contributed by atoms with E-state index < -0.39 is 8.07 Å². The van der Waals surface area contributed by atoms with Crippen molar-refractivity contribution >= 4 is 18.8 Å². The Hall–Kier alpha value is -1.41. The van der Waals surface area contributed by atoms with Crippen molar-refractivity contribution in [2.24, 2.45) is 0 Å². The van der Waals surface area contributed by atoms with E-state index in [-0.39, 0.29) is 0 Å². The number of rotatable bonds is 4. The molecule has 0 aliphatic heterocycles. The Morgan fingerprint density at radius 1 is 1.28 bits per heavy atom. The number of nitrogens with zero attached hydrogens (tertiary/aromatic N) is 1. The molecule has 0 unspecified atom stereocenters. The molecule has 0 fully saturated rings. The Kier molecular flexibility index (Phi) is 4.46. The molecule has 1 aromatic rings. The fraction of sp³-hybridized carbons (Fsp3) is 0.312. The van der Waals surface area contributed by atoms with Gasteiger partial charge in [-0.25, -0.2) is 0 Å². The summed E-state index contributed by atoms with van der Waals surface area (Å²) in [5.41, 5.74) is 4.06. The van der Waals surface area contributed by atoms with E-state index in [0.717, 1.165) is 16.8 Å². The normalized spacial score (nSPS) is 11.8. The van der Waals surface area contributed by atoms with E-state index in [2.05, 4.69) is 50.8 Å². The predicted molar refractivity (Wildman–Crippen MR) is 84.9 cm³/mol. The third-order valence-corrected chi connectivity index (χ3v) is 5.12. The first-order valence-corrected chi connectivity index (χ1v) is 9.75. The van der Waals surface area contributed by atoms with Crippen molar-refractivity contribution in [1.29, 1.82) is 0 Å². The molecule has 0 radical (unpaired) electrons. The molecule has 2 heteroatoms. The first-order valence-electron chi connectivity index (χ1n) is 6.25. The van der Waals surface area contributed by atoms with Crippen molar-refractivity contribution in [1.82, 2.24) is 4.98 Å². The molecular formula is C16H23NSi. The number of aryl methyl sites for hydroxylation is 1. The van der Waals surface area contributed by atoms with Gasteiger partial charge in [-0.1, -0.05) is 45.0 Å². The number of hydrogen-bond donors (Lipinski definition) is 0. The summed E-state index contributed by atoms with van der Waals surface area (Å²) in [7, 11) is -1.31. The number of aromatic nitrogens is 1. The molecule has 0 amide bonds. The summed E-state index contributed by atoms with van der Waals surface area (Å²) in [5.74, 6) is 0. The molecule has 1 heterocycles. The largest absolute Gasteiger partial charge is 0.256 e. The highest BCUT2D eigenvalue weighted by Crippen LogP contribution is 2.19. The molecule has 0 aliphatic carbocycles. The fourth-order valence-corrected chi connectivity index (χ4v) is 3.68. The lowest BCUT2D eigenvalue weighted by Crippen LogP contribution is -2.39. The van der Waals surface area contributed by atoms with E-state index in [0.29, 0.717) is 0 Å². The smallest absolute Gasteiger partial charge is 0.0799 e. The van der Waals surface area contributed by atoms with Crippen molar-refractivity contribution in [3.63, 3.8) is 0 Å². The Bertz CT molecular complexity index is 504. The third kappa shape index (κ3) is 3.30. The van der Waals surface area contributed by atoms with Crippen LogP contribution in [0.15, 0.2) is 43.1 Å². The van der Waals surface area contributed by atoms with Crippen molar-refractivity contribution < 1.29 is 0 Å². The maximum absolute atomic E-state index is 4.55. The molecule has 0 bridgehead atoms. The van der Waals surface area contributed by atoms with Crippen molar-refractivity contribution in [2.45, 2.75) is 33.5 Å². The Morgan fingerprint density at radius 3 is 2.33 bits per heavy atom. The predicted octanol–water partition coefficient (Wildman–Crippen LogP) is 4.08. The van der Waals surface area contributed by atoms with Gasteiger partial charge in [-0.15, -0.1) is 0 Å². The van der Waals surface area contributed by atoms with Crippen LogP contribution in [0.25, 0.3) is 5.57 Å². The van der Waals surface area contributed by atoms with Crippen LogP contribution in [0.1, 0.15) is 18.2 Å². The van der Waals surface area contributed by atoms with Crippen LogP contribution < -0.4 is 5.19 Å². The zero-order chi connectivity index (χ0) is 13.9. The number of allylic oxidation sites excluding steroid dienone is 4. The highest BCUT2D eigenvalue weighted by molar-refractivity contribution is 6.89. The molecule has 0 N–H and O–H groups in total. The monoisotopic (exact) mass is 257 g/mol. The van der Waals surface area contributed by atoms with Gasteiger partial charge in [-0.05, 0) is 41.8 Å². The van der Waals surface area contributed by atoms with E-state index in [1.54, 1.807) is 0 Å². The second kappa shape index (κ2) is 5.49. The second-order valence-corrected chi connectivity index (χ2v) is 10.7. The van der Waals surface area contributed by atoms with Gasteiger partial charge < -0.3 is 0 Å². The van der Waals surface area contributed by atoms with Gasteiger partial charge in [0.2, 0.25) is 0 Å². The Balaban J connectivity index is 3.13. The summed E-state index contributed by atoms with van der Waals surface area (Å²) in [6, 6.07) is 2.13. The van der Waals surface area contributed by atoms with Crippen LogP contribution in [-0.2, 0) is 0 Å². The van der Waals surface area contributed by atoms with Crippen LogP contribution in [0.4, 0.5) is 0 Å². The SMILES string of the molecule is C=C(/C=C\C)C(=C)c1cc(C)c([Si](C)(C)C)cn1. The second-order valence-electron chi connectivity index (χ2n) is 5.64. The van der Waals surface area contributed by atoms with Crippen molar-refractivity contribution in [3.8, 4) is 0 Å². The van der Waals surface area contributed by atoms with Gasteiger partial charge in [-0.2, -0.15) is 0 Å². The quantitative estimate of drug-likeness (QED) is 0.585. The molecule has 0 atom stereocenters. The molecule has 18 heavy (non-hydrogen) atoms. The minimum Gasteiger partial charge on any atom is -0.256 e. The van der Waals surface area contributed by atoms with Crippen LogP contribution in [-0.4, -0.2) is 13.1 Å². The maximum atomic E-state index is 4.55. The summed E-state index contributed by atoms with van der Waals surface area (Å²) in [5, 5.41) is 1.41. The minimum absolute atomic E-state index is 0.901. The minimum atomic E-state index is -1.31. The molecule has 0 aliphatic rings. The summed E-state index contributed by atoms with van der Waals surface area (Å²) >= 11 is 0. The van der Waals surface area contributed by atoms with Gasteiger partial charge in [0.1, 0.15) is 0 Å². The van der Waals surface area contributed by atoms with Gasteiger partial charge in [0.05, 0.1) is 13.8 Å². The zero-order valence-corrected chi connectivity index (χ0v) is 13.2. The van der Waals surface area contributed by atoms with E-state index in [4.69, 9.17) is 0 Å². The molecule has 1 rings (SSSR count). The number of hydrogen-bond acceptors (Lipinski definition) is 1. The molecule has 96 valence electrons. The van der Waals surface area contributed by atoms with Crippen LogP contribution in [0.2, 0.25) is 19.6 Å². The summed E-state index contributed by atoms with van der Waals surface area (Å²) in [6.07, 6.45) is 5.95. The average molecular weight is 257 g/mol. The van der Waals surface area contributed by atoms with Crippen LogP contribution in [0, 0.1) is 6.92 Å². The summed E-state index contributed by atoms with van der Waals surface area (Å²) < 4.78 is 0. The standard InChI is InChI=1S/C16H23NSi/c1-8-9-12(2)14(4)15-10-13(3)16(11-17-15)18(5,6)7/h8-11H,2,4H2,1,3,5-7H3/b9-8-. The molecule has 0 spiro atoms.